The van der Waals surface area contributed by atoms with Gasteiger partial charge in [-0.2, -0.15) is 0 Å². The number of rotatable bonds is 8. The fraction of sp³-hybridized carbons (Fsp3) is 0.571. The molecule has 1 aromatic heterocycles. The summed E-state index contributed by atoms with van der Waals surface area (Å²) in [5, 5.41) is 6.08. The molecule has 1 aromatic rings. The van der Waals surface area contributed by atoms with Gasteiger partial charge in [-0.1, -0.05) is 0 Å². The first kappa shape index (κ1) is 17.8. The van der Waals surface area contributed by atoms with E-state index in [-0.39, 0.29) is 23.8 Å². The van der Waals surface area contributed by atoms with Crippen LogP contribution in [0.2, 0.25) is 0 Å². The first-order chi connectivity index (χ1) is 11.1. The van der Waals surface area contributed by atoms with Gasteiger partial charge < -0.3 is 10.6 Å². The first-order valence-corrected chi connectivity index (χ1v) is 9.16. The summed E-state index contributed by atoms with van der Waals surface area (Å²) in [6.07, 6.45) is 2.89. The molecule has 1 aliphatic rings. The molecule has 3 N–H and O–H groups in total. The van der Waals surface area contributed by atoms with Crippen LogP contribution in [0.5, 0.6) is 0 Å². The number of hydrogen-bond donors (Lipinski definition) is 3. The van der Waals surface area contributed by atoms with E-state index in [1.165, 1.54) is 18.5 Å². The van der Waals surface area contributed by atoms with Gasteiger partial charge in [0.15, 0.2) is 0 Å². The number of amides is 1. The molecule has 1 saturated heterocycles. The summed E-state index contributed by atoms with van der Waals surface area (Å²) >= 11 is 0. The minimum absolute atomic E-state index is 0.0662. The van der Waals surface area contributed by atoms with Crippen molar-refractivity contribution in [2.75, 3.05) is 45.8 Å². The van der Waals surface area contributed by atoms with Gasteiger partial charge in [-0.15, -0.1) is 0 Å². The molecular weight excluding hydrogens is 318 g/mol. The van der Waals surface area contributed by atoms with Crippen LogP contribution in [0.3, 0.4) is 0 Å². The molecule has 0 unspecified atom stereocenters. The number of sulfonamides is 1. The lowest BCUT2D eigenvalue weighted by molar-refractivity contribution is -0.120. The highest BCUT2D eigenvalue weighted by Crippen LogP contribution is 2.04. The van der Waals surface area contributed by atoms with Crippen LogP contribution in [-0.4, -0.2) is 70.0 Å². The fourth-order valence-electron chi connectivity index (χ4n) is 2.26. The van der Waals surface area contributed by atoms with Crippen LogP contribution in [0.25, 0.3) is 0 Å². The Balaban J connectivity index is 1.62. The molecule has 128 valence electrons. The maximum Gasteiger partial charge on any atom is 0.242 e. The van der Waals surface area contributed by atoms with E-state index in [1.807, 2.05) is 0 Å². The molecule has 0 spiro atoms. The maximum atomic E-state index is 11.9. The number of carbonyl (C=O) groups is 1. The third-order valence-corrected chi connectivity index (χ3v) is 4.99. The molecule has 1 amide bonds. The predicted octanol–water partition coefficient (Wildman–Crippen LogP) is -1.23. The van der Waals surface area contributed by atoms with Gasteiger partial charge in [0.1, 0.15) is 4.90 Å². The van der Waals surface area contributed by atoms with Crippen LogP contribution >= 0.6 is 0 Å². The monoisotopic (exact) mass is 341 g/mol. The molecule has 1 fully saturated rings. The van der Waals surface area contributed by atoms with Gasteiger partial charge >= 0.3 is 0 Å². The summed E-state index contributed by atoms with van der Waals surface area (Å²) < 4.78 is 26.3. The minimum atomic E-state index is -3.60. The molecule has 8 nitrogen and oxygen atoms in total. The number of piperazine rings is 1. The van der Waals surface area contributed by atoms with Crippen molar-refractivity contribution in [1.29, 1.82) is 0 Å². The number of carbonyl (C=O) groups excluding carboxylic acids is 1. The minimum Gasteiger partial charge on any atom is -0.355 e. The highest BCUT2D eigenvalue weighted by molar-refractivity contribution is 7.89. The normalized spacial score (nSPS) is 16.2. The SMILES string of the molecule is O=C(CCNS(=O)(=O)c1cccnc1)NCCN1CCNCC1. The molecule has 9 heteroatoms. The van der Waals surface area contributed by atoms with E-state index in [4.69, 9.17) is 0 Å². The largest absolute Gasteiger partial charge is 0.355 e. The summed E-state index contributed by atoms with van der Waals surface area (Å²) in [7, 11) is -3.60. The van der Waals surface area contributed by atoms with Crippen molar-refractivity contribution in [3.8, 4) is 0 Å². The molecule has 0 saturated carbocycles. The van der Waals surface area contributed by atoms with Crippen molar-refractivity contribution in [3.05, 3.63) is 24.5 Å². The molecule has 2 rings (SSSR count). The average molecular weight is 341 g/mol. The molecule has 0 atom stereocenters. The fourth-order valence-corrected chi connectivity index (χ4v) is 3.26. The second-order valence-corrected chi connectivity index (χ2v) is 7.05. The third-order valence-electron chi connectivity index (χ3n) is 3.55. The highest BCUT2D eigenvalue weighted by atomic mass is 32.2. The lowest BCUT2D eigenvalue weighted by atomic mass is 10.3. The number of pyridine rings is 1. The Kier molecular flexibility index (Phi) is 6.90. The van der Waals surface area contributed by atoms with Gasteiger partial charge in [0.05, 0.1) is 0 Å². The second-order valence-electron chi connectivity index (χ2n) is 5.28. The zero-order chi connectivity index (χ0) is 16.5. The number of hydrogen-bond acceptors (Lipinski definition) is 6. The predicted molar refractivity (Wildman–Crippen MR) is 86.4 cm³/mol. The Morgan fingerprint density at radius 2 is 2.09 bits per heavy atom. The molecule has 0 bridgehead atoms. The zero-order valence-corrected chi connectivity index (χ0v) is 13.8. The maximum absolute atomic E-state index is 11.9. The standard InChI is InChI=1S/C14H23N5O3S/c20-14(17-8-11-19-9-6-15-7-10-19)3-5-18-23(21,22)13-2-1-4-16-12-13/h1-2,4,12,15,18H,3,5-11H2,(H,17,20). The molecule has 0 radical (unpaired) electrons. The van der Waals surface area contributed by atoms with Gasteiger partial charge in [0, 0.05) is 64.6 Å². The summed E-state index contributed by atoms with van der Waals surface area (Å²) in [5.74, 6) is -0.158. The number of nitrogens with zero attached hydrogens (tertiary/aromatic N) is 2. The topological polar surface area (TPSA) is 103 Å². The quantitative estimate of drug-likeness (QED) is 0.547. The second kappa shape index (κ2) is 8.92. The Bertz CT molecular complexity index is 588. The zero-order valence-electron chi connectivity index (χ0n) is 13.0. The van der Waals surface area contributed by atoms with E-state index in [0.717, 1.165) is 32.7 Å². The van der Waals surface area contributed by atoms with Crippen molar-refractivity contribution < 1.29 is 13.2 Å². The number of nitrogens with one attached hydrogen (secondary N) is 3. The van der Waals surface area contributed by atoms with Crippen molar-refractivity contribution in [3.63, 3.8) is 0 Å². The Hall–Kier alpha value is -1.55. The van der Waals surface area contributed by atoms with Crippen LogP contribution in [-0.2, 0) is 14.8 Å². The molecular formula is C14H23N5O3S. The summed E-state index contributed by atoms with van der Waals surface area (Å²) in [4.78, 5) is 17.9. The Morgan fingerprint density at radius 1 is 1.30 bits per heavy atom. The van der Waals surface area contributed by atoms with Crippen LogP contribution in [0.4, 0.5) is 0 Å². The van der Waals surface area contributed by atoms with Gasteiger partial charge in [-0.25, -0.2) is 13.1 Å². The van der Waals surface area contributed by atoms with Gasteiger partial charge in [0.2, 0.25) is 15.9 Å². The van der Waals surface area contributed by atoms with Crippen LogP contribution < -0.4 is 15.4 Å². The Morgan fingerprint density at radius 3 is 2.78 bits per heavy atom. The molecule has 2 heterocycles. The number of aromatic nitrogens is 1. The molecule has 1 aliphatic heterocycles. The first-order valence-electron chi connectivity index (χ1n) is 7.67. The highest BCUT2D eigenvalue weighted by Gasteiger charge is 2.14. The van der Waals surface area contributed by atoms with Crippen molar-refractivity contribution >= 4 is 15.9 Å². The van der Waals surface area contributed by atoms with Crippen LogP contribution in [0.15, 0.2) is 29.4 Å². The van der Waals surface area contributed by atoms with Crippen molar-refractivity contribution in [2.45, 2.75) is 11.3 Å². The third kappa shape index (κ3) is 6.22. The summed E-state index contributed by atoms with van der Waals surface area (Å²) in [6.45, 7) is 5.38. The van der Waals surface area contributed by atoms with E-state index < -0.39 is 10.0 Å². The van der Waals surface area contributed by atoms with Gasteiger partial charge in [0.25, 0.3) is 0 Å². The van der Waals surface area contributed by atoms with E-state index in [1.54, 1.807) is 6.07 Å². The summed E-state index contributed by atoms with van der Waals surface area (Å²) in [5.41, 5.74) is 0. The lowest BCUT2D eigenvalue weighted by Gasteiger charge is -2.27. The van der Waals surface area contributed by atoms with Crippen molar-refractivity contribution in [2.24, 2.45) is 0 Å². The van der Waals surface area contributed by atoms with E-state index in [9.17, 15) is 13.2 Å². The van der Waals surface area contributed by atoms with Crippen LogP contribution in [0, 0.1) is 0 Å². The van der Waals surface area contributed by atoms with Crippen LogP contribution in [0.1, 0.15) is 6.42 Å². The van der Waals surface area contributed by atoms with Crippen molar-refractivity contribution in [1.82, 2.24) is 25.2 Å². The molecule has 0 aromatic carbocycles. The van der Waals surface area contributed by atoms with E-state index >= 15 is 0 Å². The summed E-state index contributed by atoms with van der Waals surface area (Å²) in [6, 6.07) is 3.01. The lowest BCUT2D eigenvalue weighted by Crippen LogP contribution is -2.46. The average Bonchev–Trinajstić information content (AvgIpc) is 2.56. The van der Waals surface area contributed by atoms with E-state index in [2.05, 4.69) is 25.2 Å². The smallest absolute Gasteiger partial charge is 0.242 e. The molecule has 23 heavy (non-hydrogen) atoms. The molecule has 0 aliphatic carbocycles. The van der Waals surface area contributed by atoms with Gasteiger partial charge in [-0.05, 0) is 12.1 Å². The van der Waals surface area contributed by atoms with E-state index in [0.29, 0.717) is 6.54 Å². The Labute approximate surface area is 136 Å². The van der Waals surface area contributed by atoms with Gasteiger partial charge in [-0.3, -0.25) is 14.7 Å².